The van der Waals surface area contributed by atoms with Gasteiger partial charge < -0.3 is 9.84 Å². The van der Waals surface area contributed by atoms with Gasteiger partial charge >= 0.3 is 12.1 Å². The van der Waals surface area contributed by atoms with E-state index in [1.54, 1.807) is 24.5 Å². The van der Waals surface area contributed by atoms with Crippen molar-refractivity contribution in [3.63, 3.8) is 0 Å². The van der Waals surface area contributed by atoms with Gasteiger partial charge in [-0.05, 0) is 36.1 Å². The number of ether oxygens (including phenoxy) is 1. The van der Waals surface area contributed by atoms with Crippen molar-refractivity contribution in [2.45, 2.75) is 31.5 Å². The zero-order valence-corrected chi connectivity index (χ0v) is 13.0. The van der Waals surface area contributed by atoms with Crippen LogP contribution in [0.1, 0.15) is 30.0 Å². The molecule has 0 unspecified atom stereocenters. The molecule has 1 aliphatic heterocycles. The summed E-state index contributed by atoms with van der Waals surface area (Å²) in [6, 6.07) is 11.7. The molecule has 0 saturated carbocycles. The molecule has 124 valence electrons. The SMILES string of the molecule is O=C(O)[C@@H]1CC[C@H](c2ccncc2)N1C(=O)OCc1ccccc1. The first-order valence-corrected chi connectivity index (χ1v) is 7.78. The monoisotopic (exact) mass is 326 g/mol. The maximum absolute atomic E-state index is 12.5. The number of hydrogen-bond donors (Lipinski definition) is 1. The summed E-state index contributed by atoms with van der Waals surface area (Å²) >= 11 is 0. The molecule has 2 heterocycles. The Morgan fingerprint density at radius 2 is 1.83 bits per heavy atom. The van der Waals surface area contributed by atoms with Gasteiger partial charge in [0.05, 0.1) is 6.04 Å². The second-order valence-corrected chi connectivity index (χ2v) is 5.68. The van der Waals surface area contributed by atoms with E-state index in [0.29, 0.717) is 12.8 Å². The summed E-state index contributed by atoms with van der Waals surface area (Å²) in [5, 5.41) is 9.42. The number of pyridine rings is 1. The van der Waals surface area contributed by atoms with Crippen molar-refractivity contribution < 1.29 is 19.4 Å². The van der Waals surface area contributed by atoms with E-state index < -0.39 is 18.1 Å². The van der Waals surface area contributed by atoms with Crippen LogP contribution in [-0.2, 0) is 16.1 Å². The Kier molecular flexibility index (Phi) is 4.74. The normalized spacial score (nSPS) is 19.9. The number of carboxylic acid groups (broad SMARTS) is 1. The van der Waals surface area contributed by atoms with Crippen LogP contribution in [0.25, 0.3) is 0 Å². The third-order valence-corrected chi connectivity index (χ3v) is 4.18. The highest BCUT2D eigenvalue weighted by Gasteiger charge is 2.42. The summed E-state index contributed by atoms with van der Waals surface area (Å²) in [7, 11) is 0. The van der Waals surface area contributed by atoms with Gasteiger partial charge in [0, 0.05) is 12.4 Å². The third-order valence-electron chi connectivity index (χ3n) is 4.18. The molecule has 0 bridgehead atoms. The standard InChI is InChI=1S/C18H18N2O4/c21-17(22)16-7-6-15(14-8-10-19-11-9-14)20(16)18(23)24-12-13-4-2-1-3-5-13/h1-5,8-11,15-16H,6-7,12H2,(H,21,22)/t15-,16+/m1/s1. The lowest BCUT2D eigenvalue weighted by atomic mass is 10.1. The number of aromatic nitrogens is 1. The molecule has 1 amide bonds. The Bertz CT molecular complexity index is 705. The molecule has 6 nitrogen and oxygen atoms in total. The molecule has 1 fully saturated rings. The van der Waals surface area contributed by atoms with Crippen molar-refractivity contribution in [3.8, 4) is 0 Å². The van der Waals surface area contributed by atoms with Crippen LogP contribution in [0.2, 0.25) is 0 Å². The molecule has 3 rings (SSSR count). The summed E-state index contributed by atoms with van der Waals surface area (Å²) in [5.41, 5.74) is 1.72. The van der Waals surface area contributed by atoms with Gasteiger partial charge in [-0.15, -0.1) is 0 Å². The smallest absolute Gasteiger partial charge is 0.411 e. The van der Waals surface area contributed by atoms with Crippen molar-refractivity contribution in [1.29, 1.82) is 0 Å². The molecule has 2 atom stereocenters. The molecule has 1 N–H and O–H groups in total. The molecule has 2 aromatic rings. The summed E-state index contributed by atoms with van der Waals surface area (Å²) in [5.74, 6) is -1.01. The van der Waals surface area contributed by atoms with Crippen LogP contribution in [0.15, 0.2) is 54.9 Å². The lowest BCUT2D eigenvalue weighted by molar-refractivity contribution is -0.142. The summed E-state index contributed by atoms with van der Waals surface area (Å²) < 4.78 is 5.35. The number of carbonyl (C=O) groups excluding carboxylic acids is 1. The number of nitrogens with zero attached hydrogens (tertiary/aromatic N) is 2. The summed E-state index contributed by atoms with van der Waals surface area (Å²) in [4.78, 5) is 29.3. The van der Waals surface area contributed by atoms with Crippen molar-refractivity contribution in [2.75, 3.05) is 0 Å². The highest BCUT2D eigenvalue weighted by atomic mass is 16.6. The van der Waals surface area contributed by atoms with Crippen LogP contribution >= 0.6 is 0 Å². The Balaban J connectivity index is 1.77. The second kappa shape index (κ2) is 7.12. The van der Waals surface area contributed by atoms with E-state index in [-0.39, 0.29) is 12.6 Å². The topological polar surface area (TPSA) is 79.7 Å². The Morgan fingerprint density at radius 3 is 2.50 bits per heavy atom. The van der Waals surface area contributed by atoms with E-state index >= 15 is 0 Å². The molecule has 0 radical (unpaired) electrons. The zero-order chi connectivity index (χ0) is 16.9. The maximum Gasteiger partial charge on any atom is 0.411 e. The van der Waals surface area contributed by atoms with Gasteiger partial charge in [0.1, 0.15) is 12.6 Å². The minimum absolute atomic E-state index is 0.117. The number of aliphatic carboxylic acids is 1. The zero-order valence-electron chi connectivity index (χ0n) is 13.0. The molecule has 24 heavy (non-hydrogen) atoms. The van der Waals surface area contributed by atoms with E-state index in [2.05, 4.69) is 4.98 Å². The number of carbonyl (C=O) groups is 2. The van der Waals surface area contributed by atoms with Gasteiger partial charge in [0.15, 0.2) is 0 Å². The van der Waals surface area contributed by atoms with Crippen LogP contribution < -0.4 is 0 Å². The Morgan fingerprint density at radius 1 is 1.12 bits per heavy atom. The average Bonchev–Trinajstić information content (AvgIpc) is 3.07. The Hall–Kier alpha value is -2.89. The number of hydrogen-bond acceptors (Lipinski definition) is 4. The minimum atomic E-state index is -1.01. The van der Waals surface area contributed by atoms with Gasteiger partial charge in [-0.2, -0.15) is 0 Å². The van der Waals surface area contributed by atoms with E-state index in [4.69, 9.17) is 4.74 Å². The average molecular weight is 326 g/mol. The number of carboxylic acids is 1. The highest BCUT2D eigenvalue weighted by Crippen LogP contribution is 2.36. The van der Waals surface area contributed by atoms with Crippen molar-refractivity contribution >= 4 is 12.1 Å². The quantitative estimate of drug-likeness (QED) is 0.934. The number of likely N-dealkylation sites (tertiary alicyclic amines) is 1. The predicted molar refractivity (Wildman–Crippen MR) is 86.1 cm³/mol. The van der Waals surface area contributed by atoms with Crippen LogP contribution in [0.3, 0.4) is 0 Å². The molecule has 1 aromatic carbocycles. The van der Waals surface area contributed by atoms with Crippen LogP contribution in [-0.4, -0.2) is 33.1 Å². The van der Waals surface area contributed by atoms with Gasteiger partial charge in [0.25, 0.3) is 0 Å². The number of rotatable bonds is 4. The summed E-state index contributed by atoms with van der Waals surface area (Å²) in [6.45, 7) is 0.117. The van der Waals surface area contributed by atoms with Gasteiger partial charge in [-0.25, -0.2) is 9.59 Å². The van der Waals surface area contributed by atoms with Gasteiger partial charge in [-0.1, -0.05) is 30.3 Å². The van der Waals surface area contributed by atoms with Crippen LogP contribution in [0.5, 0.6) is 0 Å². The largest absolute Gasteiger partial charge is 0.480 e. The fourth-order valence-corrected chi connectivity index (χ4v) is 3.01. The Labute approximate surface area is 139 Å². The fourth-order valence-electron chi connectivity index (χ4n) is 3.01. The van der Waals surface area contributed by atoms with Gasteiger partial charge in [-0.3, -0.25) is 9.88 Å². The summed E-state index contributed by atoms with van der Waals surface area (Å²) in [6.07, 6.45) is 3.66. The molecule has 1 saturated heterocycles. The molecular formula is C18H18N2O4. The van der Waals surface area contributed by atoms with Gasteiger partial charge in [0.2, 0.25) is 0 Å². The molecular weight excluding hydrogens is 308 g/mol. The minimum Gasteiger partial charge on any atom is -0.480 e. The molecule has 1 aliphatic rings. The maximum atomic E-state index is 12.5. The highest BCUT2D eigenvalue weighted by molar-refractivity contribution is 5.81. The van der Waals surface area contributed by atoms with E-state index in [1.165, 1.54) is 4.90 Å². The molecule has 6 heteroatoms. The molecule has 0 aliphatic carbocycles. The van der Waals surface area contributed by atoms with E-state index in [0.717, 1.165) is 11.1 Å². The first kappa shape index (κ1) is 16.0. The van der Waals surface area contributed by atoms with E-state index in [1.807, 2.05) is 30.3 Å². The number of amides is 1. The van der Waals surface area contributed by atoms with Crippen molar-refractivity contribution in [3.05, 3.63) is 66.0 Å². The number of benzene rings is 1. The lowest BCUT2D eigenvalue weighted by Crippen LogP contribution is -2.42. The van der Waals surface area contributed by atoms with Crippen LogP contribution in [0, 0.1) is 0 Å². The lowest BCUT2D eigenvalue weighted by Gasteiger charge is -2.27. The molecule has 0 spiro atoms. The fraction of sp³-hybridized carbons (Fsp3) is 0.278. The van der Waals surface area contributed by atoms with Crippen LogP contribution in [0.4, 0.5) is 4.79 Å². The van der Waals surface area contributed by atoms with Crippen molar-refractivity contribution in [1.82, 2.24) is 9.88 Å². The first-order chi connectivity index (χ1) is 11.7. The molecule has 1 aromatic heterocycles. The second-order valence-electron chi connectivity index (χ2n) is 5.68. The van der Waals surface area contributed by atoms with E-state index in [9.17, 15) is 14.7 Å². The third kappa shape index (κ3) is 3.37. The van der Waals surface area contributed by atoms with Crippen molar-refractivity contribution in [2.24, 2.45) is 0 Å². The first-order valence-electron chi connectivity index (χ1n) is 7.78. The predicted octanol–water partition coefficient (Wildman–Crippen LogP) is 3.01.